The summed E-state index contributed by atoms with van der Waals surface area (Å²) < 4.78 is 0. The fourth-order valence-corrected chi connectivity index (χ4v) is 9.22. The molecule has 0 aliphatic heterocycles. The van der Waals surface area contributed by atoms with E-state index in [4.69, 9.17) is 0 Å². The summed E-state index contributed by atoms with van der Waals surface area (Å²) in [6, 6.07) is 0. The Morgan fingerprint density at radius 3 is 2.24 bits per heavy atom. The van der Waals surface area contributed by atoms with Crippen molar-refractivity contribution in [1.82, 2.24) is 0 Å². The molecule has 0 radical (unpaired) electrons. The second kappa shape index (κ2) is 8.12. The third kappa shape index (κ3) is 3.73. The molecule has 4 aliphatic rings. The van der Waals surface area contributed by atoms with Crippen molar-refractivity contribution in [3.8, 4) is 0 Å². The van der Waals surface area contributed by atoms with Gasteiger partial charge in [-0.3, -0.25) is 0 Å². The molecule has 0 aromatic rings. The highest BCUT2D eigenvalue weighted by Gasteiger charge is 2.62. The maximum absolute atomic E-state index is 11.4. The number of fused-ring (bicyclic) bond motifs is 5. The van der Waals surface area contributed by atoms with E-state index >= 15 is 0 Å². The first kappa shape index (κ1) is 22.1. The normalized spacial score (nSPS) is 50.7. The topological polar surface area (TPSA) is 40.5 Å². The van der Waals surface area contributed by atoms with Crippen LogP contribution in [-0.2, 0) is 0 Å². The zero-order valence-electron chi connectivity index (χ0n) is 19.9. The quantitative estimate of drug-likeness (QED) is 0.553. The van der Waals surface area contributed by atoms with Crippen LogP contribution in [0, 0.1) is 52.3 Å². The molecule has 2 N–H and O–H groups in total. The minimum atomic E-state index is -0.136. The molecule has 0 aromatic carbocycles. The van der Waals surface area contributed by atoms with Gasteiger partial charge in [-0.15, -0.1) is 0 Å². The van der Waals surface area contributed by atoms with E-state index in [1.54, 1.807) is 0 Å². The SMILES string of the molecule is CC(C)CCC[C@@H](C)[C@H]1CCC2C3C(CC[C@@]21C)[C@@]1(C)CC[C@H](O)C[C@@H]1C[C@H]3O. The fourth-order valence-electron chi connectivity index (χ4n) is 9.22. The van der Waals surface area contributed by atoms with Gasteiger partial charge in [-0.05, 0) is 104 Å². The molecule has 2 heteroatoms. The highest BCUT2D eigenvalue weighted by molar-refractivity contribution is 5.11. The Balaban J connectivity index is 1.50. The molecule has 2 nitrogen and oxygen atoms in total. The lowest BCUT2D eigenvalue weighted by Crippen LogP contribution is -2.58. The van der Waals surface area contributed by atoms with Crippen LogP contribution in [0.3, 0.4) is 0 Å². The Morgan fingerprint density at radius 1 is 0.828 bits per heavy atom. The Morgan fingerprint density at radius 2 is 1.52 bits per heavy atom. The maximum Gasteiger partial charge on any atom is 0.0577 e. The molecule has 4 saturated carbocycles. The van der Waals surface area contributed by atoms with Crippen molar-refractivity contribution < 1.29 is 10.2 Å². The largest absolute Gasteiger partial charge is 0.393 e. The van der Waals surface area contributed by atoms with Gasteiger partial charge in [-0.25, -0.2) is 0 Å². The van der Waals surface area contributed by atoms with Crippen LogP contribution in [0.1, 0.15) is 105 Å². The first-order valence-electron chi connectivity index (χ1n) is 13.0. The van der Waals surface area contributed by atoms with E-state index < -0.39 is 0 Å². The number of rotatable bonds is 5. The molecule has 0 bridgehead atoms. The molecule has 4 rings (SSSR count). The zero-order valence-corrected chi connectivity index (χ0v) is 19.9. The Bertz CT molecular complexity index is 573. The lowest BCUT2D eigenvalue weighted by molar-refractivity contribution is -0.174. The van der Waals surface area contributed by atoms with Crippen molar-refractivity contribution in [1.29, 1.82) is 0 Å². The summed E-state index contributed by atoms with van der Waals surface area (Å²) in [4.78, 5) is 0. The summed E-state index contributed by atoms with van der Waals surface area (Å²) in [7, 11) is 0. The number of aliphatic hydroxyl groups is 2. The molecule has 0 saturated heterocycles. The van der Waals surface area contributed by atoms with Gasteiger partial charge < -0.3 is 10.2 Å². The maximum atomic E-state index is 11.4. The van der Waals surface area contributed by atoms with E-state index in [-0.39, 0.29) is 12.2 Å². The molecule has 0 spiro atoms. The van der Waals surface area contributed by atoms with E-state index in [1.807, 2.05) is 0 Å². The number of hydrogen-bond donors (Lipinski definition) is 2. The summed E-state index contributed by atoms with van der Waals surface area (Å²) >= 11 is 0. The smallest absolute Gasteiger partial charge is 0.0577 e. The molecule has 0 aromatic heterocycles. The number of hydrogen-bond acceptors (Lipinski definition) is 2. The van der Waals surface area contributed by atoms with Crippen molar-refractivity contribution in [3.63, 3.8) is 0 Å². The van der Waals surface area contributed by atoms with Gasteiger partial charge in [0.1, 0.15) is 0 Å². The molecule has 0 amide bonds. The predicted octanol–water partition coefficient (Wildman–Crippen LogP) is 6.44. The second-order valence-electron chi connectivity index (χ2n) is 12.8. The van der Waals surface area contributed by atoms with Crippen LogP contribution in [0.2, 0.25) is 0 Å². The standard InChI is InChI=1S/C27H48O2/c1-17(2)7-6-8-18(3)21-9-10-22-25-23(12-14-27(21,22)5)26(4)13-11-20(28)15-19(26)16-24(25)29/h17-25,28-29H,6-16H2,1-5H3/t18-,19-,20+,21-,22?,23?,24-,25?,26+,27-/m1/s1. The monoisotopic (exact) mass is 404 g/mol. The molecule has 168 valence electrons. The lowest BCUT2D eigenvalue weighted by Gasteiger charge is -2.62. The van der Waals surface area contributed by atoms with Crippen LogP contribution in [0.25, 0.3) is 0 Å². The van der Waals surface area contributed by atoms with Crippen LogP contribution >= 0.6 is 0 Å². The first-order chi connectivity index (χ1) is 13.7. The third-order valence-electron chi connectivity index (χ3n) is 10.9. The third-order valence-corrected chi connectivity index (χ3v) is 10.9. The van der Waals surface area contributed by atoms with E-state index in [9.17, 15) is 10.2 Å². The van der Waals surface area contributed by atoms with Crippen molar-refractivity contribution in [2.45, 2.75) is 117 Å². The Labute approximate surface area is 180 Å². The van der Waals surface area contributed by atoms with Crippen molar-refractivity contribution >= 4 is 0 Å². The molecule has 3 unspecified atom stereocenters. The molecule has 29 heavy (non-hydrogen) atoms. The summed E-state index contributed by atoms with van der Waals surface area (Å²) in [6.45, 7) is 12.4. The van der Waals surface area contributed by atoms with Crippen LogP contribution in [0.15, 0.2) is 0 Å². The van der Waals surface area contributed by atoms with Gasteiger partial charge in [0.05, 0.1) is 12.2 Å². The summed E-state index contributed by atoms with van der Waals surface area (Å²) in [5, 5.41) is 21.6. The lowest BCUT2D eigenvalue weighted by atomic mass is 9.43. The highest BCUT2D eigenvalue weighted by atomic mass is 16.3. The summed E-state index contributed by atoms with van der Waals surface area (Å²) in [5.41, 5.74) is 0.794. The van der Waals surface area contributed by atoms with Gasteiger partial charge >= 0.3 is 0 Å². The average molecular weight is 405 g/mol. The van der Waals surface area contributed by atoms with Gasteiger partial charge in [0.15, 0.2) is 0 Å². The fraction of sp³-hybridized carbons (Fsp3) is 1.00. The van der Waals surface area contributed by atoms with Gasteiger partial charge in [-0.1, -0.05) is 53.9 Å². The summed E-state index contributed by atoms with van der Waals surface area (Å²) in [6.07, 6.45) is 13.3. The molecule has 10 atom stereocenters. The van der Waals surface area contributed by atoms with Crippen LogP contribution < -0.4 is 0 Å². The number of aliphatic hydroxyl groups excluding tert-OH is 2. The van der Waals surface area contributed by atoms with E-state index in [2.05, 4.69) is 34.6 Å². The average Bonchev–Trinajstić information content (AvgIpc) is 3.00. The molecular formula is C27H48O2. The van der Waals surface area contributed by atoms with Crippen molar-refractivity contribution in [2.75, 3.05) is 0 Å². The minimum absolute atomic E-state index is 0.131. The van der Waals surface area contributed by atoms with Gasteiger partial charge in [-0.2, -0.15) is 0 Å². The molecular weight excluding hydrogens is 356 g/mol. The minimum Gasteiger partial charge on any atom is -0.393 e. The molecule has 0 heterocycles. The van der Waals surface area contributed by atoms with Gasteiger partial charge in [0.2, 0.25) is 0 Å². The van der Waals surface area contributed by atoms with E-state index in [1.165, 1.54) is 51.4 Å². The molecule has 4 fully saturated rings. The van der Waals surface area contributed by atoms with Crippen molar-refractivity contribution in [3.05, 3.63) is 0 Å². The Kier molecular flexibility index (Phi) is 6.19. The van der Waals surface area contributed by atoms with Gasteiger partial charge in [0, 0.05) is 0 Å². The van der Waals surface area contributed by atoms with E-state index in [0.717, 1.165) is 42.9 Å². The Hall–Kier alpha value is -0.0800. The summed E-state index contributed by atoms with van der Waals surface area (Å²) in [5.74, 6) is 4.94. The predicted molar refractivity (Wildman–Crippen MR) is 120 cm³/mol. The highest BCUT2D eigenvalue weighted by Crippen LogP contribution is 2.68. The van der Waals surface area contributed by atoms with Gasteiger partial charge in [0.25, 0.3) is 0 Å². The van der Waals surface area contributed by atoms with Crippen molar-refractivity contribution in [2.24, 2.45) is 52.3 Å². The van der Waals surface area contributed by atoms with Crippen LogP contribution in [0.4, 0.5) is 0 Å². The zero-order chi connectivity index (χ0) is 21.0. The molecule has 4 aliphatic carbocycles. The van der Waals surface area contributed by atoms with Crippen LogP contribution in [-0.4, -0.2) is 22.4 Å². The first-order valence-corrected chi connectivity index (χ1v) is 13.0. The van der Waals surface area contributed by atoms with E-state index in [0.29, 0.717) is 28.6 Å². The van der Waals surface area contributed by atoms with Crippen LogP contribution in [0.5, 0.6) is 0 Å². The second-order valence-corrected chi connectivity index (χ2v) is 12.8.